The van der Waals surface area contributed by atoms with E-state index >= 15 is 0 Å². The molecule has 5 aromatic rings. The summed E-state index contributed by atoms with van der Waals surface area (Å²) in [6, 6.07) is 24.2. The number of amides is 1. The van der Waals surface area contributed by atoms with Crippen LogP contribution in [0, 0.1) is 0 Å². The molecular weight excluding hydrogens is 432 g/mol. The Morgan fingerprint density at radius 2 is 1.67 bits per heavy atom. The van der Waals surface area contributed by atoms with Crippen LogP contribution in [0.3, 0.4) is 0 Å². The van der Waals surface area contributed by atoms with Gasteiger partial charge in [0.1, 0.15) is 5.69 Å². The van der Waals surface area contributed by atoms with Gasteiger partial charge in [-0.05, 0) is 65.5 Å². The number of anilines is 3. The van der Waals surface area contributed by atoms with Crippen molar-refractivity contribution in [3.63, 3.8) is 0 Å². The van der Waals surface area contributed by atoms with E-state index in [4.69, 9.17) is 11.5 Å². The van der Waals surface area contributed by atoms with E-state index in [0.29, 0.717) is 28.3 Å². The molecule has 0 saturated heterocycles. The molecule has 2 aromatic heterocycles. The average Bonchev–Trinajstić information content (AvgIpc) is 3.54. The Morgan fingerprint density at radius 3 is 2.39 bits per heavy atom. The number of aromatic nitrogens is 3. The Kier molecular flexibility index (Phi) is 5.34. The van der Waals surface area contributed by atoms with Gasteiger partial charge in [0.05, 0.1) is 23.3 Å². The van der Waals surface area contributed by atoms with Crippen LogP contribution in [0.15, 0.2) is 90.4 Å². The lowest BCUT2D eigenvalue weighted by molar-refractivity contribution is 0.102. The lowest BCUT2D eigenvalue weighted by Gasteiger charge is -2.10. The molecular formula is C25H20N6OS. The second kappa shape index (κ2) is 8.60. The first-order chi connectivity index (χ1) is 16.1. The number of benzene rings is 3. The Labute approximate surface area is 194 Å². The minimum Gasteiger partial charge on any atom is -0.399 e. The summed E-state index contributed by atoms with van der Waals surface area (Å²) < 4.78 is 1.68. The first-order valence-corrected chi connectivity index (χ1v) is 11.1. The second-order valence-electron chi connectivity index (χ2n) is 7.45. The fourth-order valence-corrected chi connectivity index (χ4v) is 4.12. The van der Waals surface area contributed by atoms with Gasteiger partial charge in [-0.2, -0.15) is 0 Å². The molecule has 3 aromatic carbocycles. The average molecular weight is 453 g/mol. The van der Waals surface area contributed by atoms with Crippen molar-refractivity contribution in [3.05, 3.63) is 96.0 Å². The molecule has 1 amide bonds. The van der Waals surface area contributed by atoms with Crippen molar-refractivity contribution in [2.75, 3.05) is 16.8 Å². The molecule has 162 valence electrons. The summed E-state index contributed by atoms with van der Waals surface area (Å²) in [7, 11) is 0. The van der Waals surface area contributed by atoms with Crippen LogP contribution in [0.4, 0.5) is 17.1 Å². The Morgan fingerprint density at radius 1 is 0.909 bits per heavy atom. The van der Waals surface area contributed by atoms with Crippen LogP contribution in [0.1, 0.15) is 10.4 Å². The van der Waals surface area contributed by atoms with Crippen molar-refractivity contribution in [1.29, 1.82) is 0 Å². The van der Waals surface area contributed by atoms with Gasteiger partial charge < -0.3 is 16.8 Å². The van der Waals surface area contributed by atoms with Gasteiger partial charge in [-0.25, -0.2) is 4.68 Å². The summed E-state index contributed by atoms with van der Waals surface area (Å²) in [4.78, 5) is 13.9. The maximum atomic E-state index is 12.8. The van der Waals surface area contributed by atoms with Gasteiger partial charge in [0.25, 0.3) is 5.91 Å². The third-order valence-electron chi connectivity index (χ3n) is 5.20. The highest BCUT2D eigenvalue weighted by atomic mass is 32.1. The Hall–Kier alpha value is -4.43. The smallest absolute Gasteiger partial charge is 0.255 e. The molecule has 0 saturated carbocycles. The molecule has 0 atom stereocenters. The molecule has 0 aliphatic rings. The third kappa shape index (κ3) is 4.32. The minimum atomic E-state index is -0.234. The summed E-state index contributed by atoms with van der Waals surface area (Å²) in [6.45, 7) is 0. The summed E-state index contributed by atoms with van der Waals surface area (Å²) in [6.07, 6.45) is 1.83. The molecule has 5 N–H and O–H groups in total. The topological polar surface area (TPSA) is 112 Å². The third-order valence-corrected chi connectivity index (χ3v) is 6.12. The Balaban J connectivity index is 1.32. The summed E-state index contributed by atoms with van der Waals surface area (Å²) in [5, 5.41) is 13.3. The molecule has 0 aliphatic carbocycles. The molecule has 2 heterocycles. The van der Waals surface area contributed by atoms with Crippen LogP contribution < -0.4 is 16.8 Å². The van der Waals surface area contributed by atoms with Crippen molar-refractivity contribution in [2.24, 2.45) is 0 Å². The molecule has 8 heteroatoms. The number of hydrogen-bond donors (Lipinski definition) is 3. The zero-order chi connectivity index (χ0) is 22.8. The molecule has 0 unspecified atom stereocenters. The lowest BCUT2D eigenvalue weighted by Crippen LogP contribution is -2.13. The fraction of sp³-hybridized carbons (Fsp3) is 0. The zero-order valence-electron chi connectivity index (χ0n) is 17.5. The molecule has 0 aliphatic heterocycles. The van der Waals surface area contributed by atoms with Crippen LogP contribution in [0.25, 0.3) is 27.4 Å². The van der Waals surface area contributed by atoms with E-state index in [9.17, 15) is 4.79 Å². The maximum Gasteiger partial charge on any atom is 0.255 e. The van der Waals surface area contributed by atoms with Crippen LogP contribution in [0.2, 0.25) is 0 Å². The van der Waals surface area contributed by atoms with Gasteiger partial charge in [0, 0.05) is 21.7 Å². The number of nitrogens with zero attached hydrogens (tertiary/aromatic N) is 3. The highest BCUT2D eigenvalue weighted by Crippen LogP contribution is 2.30. The van der Waals surface area contributed by atoms with Gasteiger partial charge >= 0.3 is 0 Å². The summed E-state index contributed by atoms with van der Waals surface area (Å²) >= 11 is 1.63. The van der Waals surface area contributed by atoms with E-state index in [1.807, 2.05) is 72.2 Å². The number of nitrogens with one attached hydrogen (secondary N) is 1. The lowest BCUT2D eigenvalue weighted by atomic mass is 10.1. The predicted octanol–water partition coefficient (Wildman–Crippen LogP) is 5.08. The van der Waals surface area contributed by atoms with Crippen LogP contribution in [-0.4, -0.2) is 20.9 Å². The SMILES string of the molecule is Nc1ccc(-n2cc(-c3ccc(C(=O)Nc4cc(-c5cccs5)ccc4N)cc3)nn2)cc1. The number of carbonyl (C=O) groups is 1. The summed E-state index contributed by atoms with van der Waals surface area (Å²) in [5.74, 6) is -0.234. The van der Waals surface area contributed by atoms with Crippen LogP contribution in [-0.2, 0) is 0 Å². The second-order valence-corrected chi connectivity index (χ2v) is 8.40. The van der Waals surface area contributed by atoms with Gasteiger partial charge in [0.15, 0.2) is 0 Å². The molecule has 7 nitrogen and oxygen atoms in total. The van der Waals surface area contributed by atoms with Gasteiger partial charge in [0.2, 0.25) is 0 Å². The zero-order valence-corrected chi connectivity index (χ0v) is 18.3. The van der Waals surface area contributed by atoms with Crippen molar-refractivity contribution >= 4 is 34.3 Å². The monoisotopic (exact) mass is 452 g/mol. The van der Waals surface area contributed by atoms with E-state index in [-0.39, 0.29) is 5.91 Å². The minimum absolute atomic E-state index is 0.234. The first-order valence-electron chi connectivity index (χ1n) is 10.2. The van der Waals surface area contributed by atoms with Gasteiger partial charge in [-0.15, -0.1) is 16.4 Å². The molecule has 0 spiro atoms. The van der Waals surface area contributed by atoms with Crippen LogP contribution in [0.5, 0.6) is 0 Å². The van der Waals surface area contributed by atoms with Crippen LogP contribution >= 0.6 is 11.3 Å². The number of thiophene rings is 1. The van der Waals surface area contributed by atoms with E-state index in [1.54, 1.807) is 34.2 Å². The number of hydrogen-bond acceptors (Lipinski definition) is 6. The number of nitrogen functional groups attached to an aromatic ring is 2. The van der Waals surface area contributed by atoms with E-state index in [0.717, 1.165) is 21.7 Å². The standard InChI is InChI=1S/C25H20N6OS/c26-19-8-10-20(11-9-19)31-15-23(29-30-31)16-3-5-17(6-4-16)25(32)28-22-14-18(7-12-21(22)27)24-2-1-13-33-24/h1-15H,26-27H2,(H,28,32). The van der Waals surface area contributed by atoms with Gasteiger partial charge in [-0.1, -0.05) is 29.5 Å². The maximum absolute atomic E-state index is 12.8. The summed E-state index contributed by atoms with van der Waals surface area (Å²) in [5.41, 5.74) is 17.6. The van der Waals surface area contributed by atoms with E-state index in [1.165, 1.54) is 0 Å². The van der Waals surface area contributed by atoms with Crippen molar-refractivity contribution < 1.29 is 4.79 Å². The quantitative estimate of drug-likeness (QED) is 0.322. The Bertz CT molecular complexity index is 1410. The normalized spacial score (nSPS) is 10.8. The number of carbonyl (C=O) groups excluding carboxylic acids is 1. The van der Waals surface area contributed by atoms with Crippen molar-refractivity contribution in [3.8, 4) is 27.4 Å². The first kappa shape index (κ1) is 20.5. The van der Waals surface area contributed by atoms with E-state index in [2.05, 4.69) is 15.6 Å². The predicted molar refractivity (Wildman–Crippen MR) is 133 cm³/mol. The molecule has 5 rings (SSSR count). The molecule has 0 radical (unpaired) electrons. The van der Waals surface area contributed by atoms with Crippen molar-refractivity contribution in [2.45, 2.75) is 0 Å². The highest BCUT2D eigenvalue weighted by Gasteiger charge is 2.12. The molecule has 0 fully saturated rings. The van der Waals surface area contributed by atoms with Crippen molar-refractivity contribution in [1.82, 2.24) is 15.0 Å². The fourth-order valence-electron chi connectivity index (χ4n) is 3.40. The van der Waals surface area contributed by atoms with Gasteiger partial charge in [-0.3, -0.25) is 4.79 Å². The number of nitrogens with two attached hydrogens (primary N) is 2. The molecule has 0 bridgehead atoms. The van der Waals surface area contributed by atoms with E-state index < -0.39 is 0 Å². The molecule has 33 heavy (non-hydrogen) atoms. The largest absolute Gasteiger partial charge is 0.399 e. The highest BCUT2D eigenvalue weighted by molar-refractivity contribution is 7.13. The number of rotatable bonds is 5.